The normalized spacial score (nSPS) is 11.2. The van der Waals surface area contributed by atoms with E-state index in [0.717, 1.165) is 30.2 Å². The quantitative estimate of drug-likeness (QED) is 0.414. The number of rotatable bonds is 8. The van der Waals surface area contributed by atoms with Crippen molar-refractivity contribution in [3.63, 3.8) is 0 Å². The van der Waals surface area contributed by atoms with E-state index in [4.69, 9.17) is 16.3 Å². The summed E-state index contributed by atoms with van der Waals surface area (Å²) in [5.41, 5.74) is 0.663. The van der Waals surface area contributed by atoms with Crippen molar-refractivity contribution in [1.29, 1.82) is 0 Å². The van der Waals surface area contributed by atoms with Crippen LogP contribution in [0.1, 0.15) is 26.2 Å². The van der Waals surface area contributed by atoms with Gasteiger partial charge in [-0.15, -0.1) is 0 Å². The molecule has 6 heteroatoms. The minimum Gasteiger partial charge on any atom is -0.385 e. The van der Waals surface area contributed by atoms with Gasteiger partial charge in [0.25, 0.3) is 5.56 Å². The summed E-state index contributed by atoms with van der Waals surface area (Å²) in [5, 5.41) is 1.98. The third kappa shape index (κ3) is 4.24. The summed E-state index contributed by atoms with van der Waals surface area (Å²) in [6, 6.07) is 5.23. The van der Waals surface area contributed by atoms with Gasteiger partial charge in [-0.05, 0) is 31.0 Å². The molecule has 120 valence electrons. The summed E-state index contributed by atoms with van der Waals surface area (Å²) in [4.78, 5) is 17.4. The number of hydrogen-bond donors (Lipinski definition) is 0. The number of aromatic nitrogens is 2. The molecular weight excluding hydrogens is 320 g/mol. The Labute approximate surface area is 139 Å². The maximum absolute atomic E-state index is 12.7. The van der Waals surface area contributed by atoms with Gasteiger partial charge in [-0.3, -0.25) is 9.36 Å². The van der Waals surface area contributed by atoms with Crippen molar-refractivity contribution in [2.24, 2.45) is 0 Å². The lowest BCUT2D eigenvalue weighted by molar-refractivity contribution is 0.189. The van der Waals surface area contributed by atoms with Crippen LogP contribution in [0.25, 0.3) is 10.9 Å². The minimum absolute atomic E-state index is 0.00299. The van der Waals surface area contributed by atoms with E-state index in [1.807, 2.05) is 0 Å². The van der Waals surface area contributed by atoms with Crippen LogP contribution in [0.2, 0.25) is 5.02 Å². The maximum Gasteiger partial charge on any atom is 0.262 e. The molecule has 0 saturated heterocycles. The maximum atomic E-state index is 12.7. The Balaban J connectivity index is 2.41. The van der Waals surface area contributed by atoms with Crippen LogP contribution in [0.5, 0.6) is 0 Å². The topological polar surface area (TPSA) is 44.1 Å². The molecule has 1 aromatic carbocycles. The molecule has 0 unspecified atom stereocenters. The number of hydrogen-bond acceptors (Lipinski definition) is 4. The zero-order chi connectivity index (χ0) is 15.9. The molecule has 0 fully saturated rings. The van der Waals surface area contributed by atoms with Gasteiger partial charge in [0.2, 0.25) is 0 Å². The number of benzene rings is 1. The number of halogens is 1. The van der Waals surface area contributed by atoms with Crippen molar-refractivity contribution in [2.75, 3.05) is 19.5 Å². The molecule has 0 bridgehead atoms. The van der Waals surface area contributed by atoms with Gasteiger partial charge in [-0.2, -0.15) is 0 Å². The van der Waals surface area contributed by atoms with Crippen LogP contribution >= 0.6 is 23.4 Å². The third-order valence-corrected chi connectivity index (χ3v) is 4.64. The highest BCUT2D eigenvalue weighted by molar-refractivity contribution is 7.99. The smallest absolute Gasteiger partial charge is 0.262 e. The van der Waals surface area contributed by atoms with E-state index in [0.29, 0.717) is 29.1 Å². The van der Waals surface area contributed by atoms with E-state index in [9.17, 15) is 4.79 Å². The highest BCUT2D eigenvalue weighted by Crippen LogP contribution is 2.21. The zero-order valence-electron chi connectivity index (χ0n) is 13.0. The third-order valence-electron chi connectivity index (χ3n) is 3.34. The van der Waals surface area contributed by atoms with Gasteiger partial charge < -0.3 is 4.74 Å². The largest absolute Gasteiger partial charge is 0.385 e. The molecule has 4 nitrogen and oxygen atoms in total. The molecule has 0 aliphatic carbocycles. The first kappa shape index (κ1) is 17.3. The highest BCUT2D eigenvalue weighted by atomic mass is 35.5. The molecule has 2 aromatic rings. The van der Waals surface area contributed by atoms with E-state index in [2.05, 4.69) is 11.9 Å². The predicted octanol–water partition coefficient (Wildman–Crippen LogP) is 3.98. The minimum atomic E-state index is -0.00299. The summed E-state index contributed by atoms with van der Waals surface area (Å²) in [7, 11) is 1.67. The number of methoxy groups -OCH3 is 1. The van der Waals surface area contributed by atoms with Crippen molar-refractivity contribution < 1.29 is 4.74 Å². The Kier molecular flexibility index (Phi) is 6.73. The fourth-order valence-electron chi connectivity index (χ4n) is 2.16. The second-order valence-electron chi connectivity index (χ2n) is 5.06. The fourth-order valence-corrected chi connectivity index (χ4v) is 3.43. The second kappa shape index (κ2) is 8.56. The molecule has 0 aliphatic rings. The number of fused-ring (bicyclic) bond motifs is 1. The average Bonchev–Trinajstić information content (AvgIpc) is 2.50. The van der Waals surface area contributed by atoms with Crippen LogP contribution in [0, 0.1) is 0 Å². The SMILES string of the molecule is CCCCSc1nc2cc(Cl)ccc2c(=O)n1CCCOC. The van der Waals surface area contributed by atoms with Gasteiger partial charge in [-0.25, -0.2) is 4.98 Å². The number of nitrogens with zero attached hydrogens (tertiary/aromatic N) is 2. The standard InChI is InChI=1S/C16H21ClN2O2S/c1-3-4-10-22-16-18-14-11-12(17)6-7-13(14)15(20)19(16)8-5-9-21-2/h6-7,11H,3-5,8-10H2,1-2H3. The van der Waals surface area contributed by atoms with Crippen molar-refractivity contribution in [2.45, 2.75) is 37.9 Å². The van der Waals surface area contributed by atoms with Crippen LogP contribution in [-0.4, -0.2) is 29.0 Å². The molecule has 0 radical (unpaired) electrons. The number of ether oxygens (including phenoxy) is 1. The van der Waals surface area contributed by atoms with Crippen LogP contribution in [0.4, 0.5) is 0 Å². The van der Waals surface area contributed by atoms with E-state index < -0.39 is 0 Å². The summed E-state index contributed by atoms with van der Waals surface area (Å²) in [6.45, 7) is 3.40. The zero-order valence-corrected chi connectivity index (χ0v) is 14.5. The Morgan fingerprint density at radius 3 is 2.91 bits per heavy atom. The Bertz CT molecular complexity index is 688. The molecular formula is C16H21ClN2O2S. The first-order valence-corrected chi connectivity index (χ1v) is 8.85. The second-order valence-corrected chi connectivity index (χ2v) is 6.56. The average molecular weight is 341 g/mol. The van der Waals surface area contributed by atoms with Crippen LogP contribution in [0.3, 0.4) is 0 Å². The molecule has 0 N–H and O–H groups in total. The fraction of sp³-hybridized carbons (Fsp3) is 0.500. The van der Waals surface area contributed by atoms with E-state index in [1.165, 1.54) is 0 Å². The van der Waals surface area contributed by atoms with Gasteiger partial charge >= 0.3 is 0 Å². The monoisotopic (exact) mass is 340 g/mol. The van der Waals surface area contributed by atoms with Crippen LogP contribution < -0.4 is 5.56 Å². The lowest BCUT2D eigenvalue weighted by atomic mass is 10.2. The van der Waals surface area contributed by atoms with Gasteiger partial charge in [0.15, 0.2) is 5.16 Å². The van der Waals surface area contributed by atoms with Gasteiger partial charge in [0.1, 0.15) is 0 Å². The molecule has 0 amide bonds. The van der Waals surface area contributed by atoms with Crippen molar-refractivity contribution in [1.82, 2.24) is 9.55 Å². The highest BCUT2D eigenvalue weighted by Gasteiger charge is 2.11. The molecule has 1 heterocycles. The number of thioether (sulfide) groups is 1. The molecule has 0 atom stereocenters. The molecule has 2 rings (SSSR count). The first-order valence-electron chi connectivity index (χ1n) is 7.49. The Morgan fingerprint density at radius 1 is 1.36 bits per heavy atom. The summed E-state index contributed by atoms with van der Waals surface area (Å²) < 4.78 is 6.84. The molecule has 0 saturated carbocycles. The molecule has 1 aromatic heterocycles. The Hall–Kier alpha value is -1.04. The van der Waals surface area contributed by atoms with Crippen LogP contribution in [-0.2, 0) is 11.3 Å². The summed E-state index contributed by atoms with van der Waals surface area (Å²) in [6.07, 6.45) is 3.02. The first-order chi connectivity index (χ1) is 10.7. The predicted molar refractivity (Wildman–Crippen MR) is 93.1 cm³/mol. The van der Waals surface area contributed by atoms with Gasteiger partial charge in [0.05, 0.1) is 10.9 Å². The van der Waals surface area contributed by atoms with Gasteiger partial charge in [0, 0.05) is 31.0 Å². The number of unbranched alkanes of at least 4 members (excludes halogenated alkanes) is 1. The van der Waals surface area contributed by atoms with Gasteiger partial charge in [-0.1, -0.05) is 36.7 Å². The molecule has 22 heavy (non-hydrogen) atoms. The Morgan fingerprint density at radius 2 is 2.18 bits per heavy atom. The summed E-state index contributed by atoms with van der Waals surface area (Å²) in [5.74, 6) is 0.958. The van der Waals surface area contributed by atoms with Crippen molar-refractivity contribution in [3.05, 3.63) is 33.6 Å². The lowest BCUT2D eigenvalue weighted by Gasteiger charge is -2.13. The molecule has 0 spiro atoms. The van der Waals surface area contributed by atoms with Crippen LogP contribution in [0.15, 0.2) is 28.2 Å². The van der Waals surface area contributed by atoms with E-state index >= 15 is 0 Å². The summed E-state index contributed by atoms with van der Waals surface area (Å²) >= 11 is 7.65. The van der Waals surface area contributed by atoms with E-state index in [-0.39, 0.29) is 5.56 Å². The van der Waals surface area contributed by atoms with Crippen molar-refractivity contribution >= 4 is 34.3 Å². The van der Waals surface area contributed by atoms with E-state index in [1.54, 1.807) is 41.6 Å². The lowest BCUT2D eigenvalue weighted by Crippen LogP contribution is -2.24. The van der Waals surface area contributed by atoms with Crippen molar-refractivity contribution in [3.8, 4) is 0 Å². The molecule has 0 aliphatic heterocycles.